The van der Waals surface area contributed by atoms with E-state index < -0.39 is 63.2 Å². The largest absolute Gasteiger partial charge is 0.489 e. The van der Waals surface area contributed by atoms with Crippen molar-refractivity contribution in [3.63, 3.8) is 0 Å². The molecular formula is C37H43F9N4O5S. The average molecular weight is 827 g/mol. The molecule has 1 saturated carbocycles. The van der Waals surface area contributed by atoms with Gasteiger partial charge in [-0.2, -0.15) is 39.5 Å². The van der Waals surface area contributed by atoms with Crippen LogP contribution in [-0.2, 0) is 44.4 Å². The maximum atomic E-state index is 14.2. The number of halogens is 9. The summed E-state index contributed by atoms with van der Waals surface area (Å²) >= 11 is 0. The van der Waals surface area contributed by atoms with Crippen LogP contribution in [0.25, 0.3) is 0 Å². The molecule has 1 fully saturated rings. The first-order valence-corrected chi connectivity index (χ1v) is 19.7. The number of benzene rings is 2. The number of carbonyl (C=O) groups is 1. The number of alkyl halides is 9. The Morgan fingerprint density at radius 1 is 0.857 bits per heavy atom. The van der Waals surface area contributed by atoms with E-state index in [0.29, 0.717) is 30.9 Å². The second-order valence-electron chi connectivity index (χ2n) is 13.9. The van der Waals surface area contributed by atoms with Gasteiger partial charge < -0.3 is 19.3 Å². The second kappa shape index (κ2) is 17.9. The lowest BCUT2D eigenvalue weighted by Gasteiger charge is -2.36. The van der Waals surface area contributed by atoms with Gasteiger partial charge in [-0.05, 0) is 98.9 Å². The van der Waals surface area contributed by atoms with E-state index >= 15 is 0 Å². The van der Waals surface area contributed by atoms with Crippen LogP contribution in [-0.4, -0.2) is 63.2 Å². The maximum Gasteiger partial charge on any atom is 0.416 e. The summed E-state index contributed by atoms with van der Waals surface area (Å²) in [5.41, 5.74) is -4.25. The highest BCUT2D eigenvalue weighted by Crippen LogP contribution is 2.41. The number of sulfone groups is 1. The molecule has 1 atom stereocenters. The summed E-state index contributed by atoms with van der Waals surface area (Å²) in [6.45, 7) is 3.08. The van der Waals surface area contributed by atoms with Crippen molar-refractivity contribution in [2.24, 2.45) is 11.8 Å². The minimum absolute atomic E-state index is 0.0124. The van der Waals surface area contributed by atoms with Crippen molar-refractivity contribution in [3.05, 3.63) is 76.6 Å². The fourth-order valence-corrected chi connectivity index (χ4v) is 7.04. The molecule has 0 saturated heterocycles. The fraction of sp³-hybridized carbons (Fsp3) is 0.541. The number of methoxy groups -OCH3 is 1. The first-order valence-electron chi connectivity index (χ1n) is 17.7. The molecule has 2 aromatic carbocycles. The lowest BCUT2D eigenvalue weighted by Crippen LogP contribution is -2.34. The number of carbonyl (C=O) groups excluding carboxylic acids is 1. The molecule has 0 amide bonds. The molecule has 0 aliphatic heterocycles. The summed E-state index contributed by atoms with van der Waals surface area (Å²) in [6.07, 6.45) is -8.69. The zero-order valence-corrected chi connectivity index (χ0v) is 31.9. The monoisotopic (exact) mass is 826 g/mol. The van der Waals surface area contributed by atoms with Crippen LogP contribution in [0.15, 0.2) is 48.8 Å². The molecule has 0 N–H and O–H groups in total. The molecule has 1 heterocycles. The number of esters is 1. The van der Waals surface area contributed by atoms with Gasteiger partial charge in [0.05, 0.1) is 48.0 Å². The first-order chi connectivity index (χ1) is 26.0. The van der Waals surface area contributed by atoms with E-state index in [1.165, 1.54) is 25.0 Å². The van der Waals surface area contributed by atoms with Crippen LogP contribution >= 0.6 is 0 Å². The summed E-state index contributed by atoms with van der Waals surface area (Å²) in [6, 6.07) is 2.77. The number of ether oxygens (including phenoxy) is 2. The number of hydrogen-bond acceptors (Lipinski definition) is 9. The molecule has 1 aromatic heterocycles. The highest BCUT2D eigenvalue weighted by Gasteiger charge is 2.38. The Balaban J connectivity index is 1.78. The van der Waals surface area contributed by atoms with Crippen LogP contribution < -0.4 is 14.5 Å². The molecule has 0 radical (unpaired) electrons. The van der Waals surface area contributed by atoms with Crippen molar-refractivity contribution in [2.45, 2.75) is 77.1 Å². The predicted octanol–water partition coefficient (Wildman–Crippen LogP) is 8.92. The Kier molecular flexibility index (Phi) is 14.2. The normalized spacial score (nSPS) is 17.3. The average Bonchev–Trinajstić information content (AvgIpc) is 3.11. The number of hydrogen-bond donors (Lipinski definition) is 0. The van der Waals surface area contributed by atoms with Gasteiger partial charge in [-0.1, -0.05) is 0 Å². The molecule has 19 heteroatoms. The van der Waals surface area contributed by atoms with Gasteiger partial charge in [-0.25, -0.2) is 18.4 Å². The lowest BCUT2D eigenvalue weighted by atomic mass is 9.80. The van der Waals surface area contributed by atoms with E-state index in [0.717, 1.165) is 56.5 Å². The minimum Gasteiger partial charge on any atom is -0.489 e. The molecule has 0 bridgehead atoms. The van der Waals surface area contributed by atoms with Crippen molar-refractivity contribution < 1.29 is 62.2 Å². The molecule has 9 nitrogen and oxygen atoms in total. The molecule has 56 heavy (non-hydrogen) atoms. The van der Waals surface area contributed by atoms with Crippen molar-refractivity contribution in [1.82, 2.24) is 9.97 Å². The highest BCUT2D eigenvalue weighted by atomic mass is 32.2. The van der Waals surface area contributed by atoms with E-state index in [1.54, 1.807) is 6.92 Å². The van der Waals surface area contributed by atoms with E-state index in [2.05, 4.69) is 9.97 Å². The molecule has 310 valence electrons. The van der Waals surface area contributed by atoms with Crippen LogP contribution in [0.2, 0.25) is 0 Å². The van der Waals surface area contributed by atoms with E-state index in [1.807, 2.05) is 4.90 Å². The topological polar surface area (TPSA) is 102 Å². The van der Waals surface area contributed by atoms with Gasteiger partial charge in [0.25, 0.3) is 0 Å². The Bertz CT molecular complexity index is 1870. The van der Waals surface area contributed by atoms with Crippen LogP contribution in [0.3, 0.4) is 0 Å². The van der Waals surface area contributed by atoms with E-state index in [4.69, 9.17) is 9.47 Å². The molecule has 3 aromatic rings. The highest BCUT2D eigenvalue weighted by molar-refractivity contribution is 7.90. The smallest absolute Gasteiger partial charge is 0.416 e. The van der Waals surface area contributed by atoms with E-state index in [9.17, 15) is 52.7 Å². The van der Waals surface area contributed by atoms with Crippen LogP contribution in [0.5, 0.6) is 5.75 Å². The summed E-state index contributed by atoms with van der Waals surface area (Å²) in [4.78, 5) is 23.3. The maximum absolute atomic E-state index is 14.2. The molecule has 4 rings (SSSR count). The van der Waals surface area contributed by atoms with Gasteiger partial charge in [0.15, 0.2) is 15.6 Å². The van der Waals surface area contributed by atoms with Gasteiger partial charge in [0, 0.05) is 38.0 Å². The molecule has 0 spiro atoms. The molecular weight excluding hydrogens is 783 g/mol. The SMILES string of the molecule is CCN(CC1CCC(CC(=O)OC)CC1)c1ccc(C(F)(F)F)cc1CN(c1ncc(OCCS(C)(=O)=O)cn1)[C@H](C)c1cc(C(F)(F)F)cc(C(F)(F)F)c1. The summed E-state index contributed by atoms with van der Waals surface area (Å²) in [5.74, 6) is -0.699. The Labute approximate surface area is 319 Å². The van der Waals surface area contributed by atoms with Crippen molar-refractivity contribution in [3.8, 4) is 5.75 Å². The van der Waals surface area contributed by atoms with Gasteiger partial charge in [-0.15, -0.1) is 0 Å². The number of anilines is 2. The zero-order valence-electron chi connectivity index (χ0n) is 31.1. The third kappa shape index (κ3) is 12.4. The van der Waals surface area contributed by atoms with Gasteiger partial charge in [0.1, 0.15) is 6.61 Å². The van der Waals surface area contributed by atoms with Crippen molar-refractivity contribution >= 4 is 27.4 Å². The number of rotatable bonds is 15. The summed E-state index contributed by atoms with van der Waals surface area (Å²) in [5, 5.41) is 0. The Hall–Kier alpha value is -4.29. The molecule has 1 aliphatic carbocycles. The van der Waals surface area contributed by atoms with E-state index in [-0.39, 0.29) is 59.9 Å². The lowest BCUT2D eigenvalue weighted by molar-refractivity contribution is -0.144. The van der Waals surface area contributed by atoms with Gasteiger partial charge in [0.2, 0.25) is 5.95 Å². The van der Waals surface area contributed by atoms with Gasteiger partial charge >= 0.3 is 24.5 Å². The van der Waals surface area contributed by atoms with Crippen LogP contribution in [0, 0.1) is 11.8 Å². The Morgan fingerprint density at radius 2 is 1.41 bits per heavy atom. The second-order valence-corrected chi connectivity index (χ2v) is 16.1. The summed E-state index contributed by atoms with van der Waals surface area (Å²) in [7, 11) is -2.09. The predicted molar refractivity (Wildman–Crippen MR) is 190 cm³/mol. The number of aromatic nitrogens is 2. The van der Waals surface area contributed by atoms with Gasteiger partial charge in [-0.3, -0.25) is 4.79 Å². The quantitative estimate of drug-likeness (QED) is 0.110. The van der Waals surface area contributed by atoms with Crippen LogP contribution in [0.1, 0.15) is 79.8 Å². The first kappa shape index (κ1) is 44.4. The van der Waals surface area contributed by atoms with Crippen molar-refractivity contribution in [2.75, 3.05) is 48.6 Å². The minimum atomic E-state index is -5.17. The third-order valence-corrected chi connectivity index (χ3v) is 10.7. The van der Waals surface area contributed by atoms with Crippen LogP contribution in [0.4, 0.5) is 51.1 Å². The fourth-order valence-electron chi connectivity index (χ4n) is 6.65. The summed E-state index contributed by atoms with van der Waals surface area (Å²) < 4.78 is 159. The number of nitrogens with zero attached hydrogens (tertiary/aromatic N) is 4. The molecule has 1 aliphatic rings. The Morgan fingerprint density at radius 3 is 1.91 bits per heavy atom. The zero-order chi connectivity index (χ0) is 41.6. The van der Waals surface area contributed by atoms with Crippen molar-refractivity contribution in [1.29, 1.82) is 0 Å². The third-order valence-electron chi connectivity index (χ3n) is 9.75. The molecule has 0 unspecified atom stereocenters. The standard InChI is InChI=1S/C37H43F9N4O5S/c1-5-49(21-25-8-6-24(7-9-25)14-33(51)54-3)32-11-10-28(35(38,39)40)17-27(32)22-50(34-47-19-31(20-48-34)55-12-13-56(4,52)53)23(2)26-15-29(36(41,42)43)18-30(16-26)37(44,45)46/h10-11,15-20,23-25H,5-9,12-14,21-22H2,1-4H3/t23-,24?,25?/m1/s1.